The molecule has 2 rings (SSSR count). The molecule has 8 nitrogen and oxygen atoms in total. The van der Waals surface area contributed by atoms with Crippen molar-refractivity contribution in [3.05, 3.63) is 34.9 Å². The summed E-state index contributed by atoms with van der Waals surface area (Å²) in [5, 5.41) is 8.15. The number of nitrogens with one attached hydrogen (secondary N) is 1. The molecule has 1 aliphatic heterocycles. The lowest BCUT2D eigenvalue weighted by Crippen LogP contribution is -2.50. The third-order valence-electron chi connectivity index (χ3n) is 3.01. The van der Waals surface area contributed by atoms with Crippen LogP contribution in [0.25, 0.3) is 0 Å². The quantitative estimate of drug-likeness (QED) is 0.350. The van der Waals surface area contributed by atoms with Gasteiger partial charge >= 0.3 is 10.4 Å². The standard InChI is InChI=1S/C12H17ClN4.H2O4S/c13-11-3-1-2-10(8-11)9-16-4-6-17(7-5-16)12(14)15;1-5(2,3)4/h1-3,8H,4-7,9H2,(H3,14,15);(H2,1,2,3,4). The Morgan fingerprint density at radius 3 is 2.27 bits per heavy atom. The minimum atomic E-state index is -4.67. The fraction of sp³-hybridized carbons (Fsp3) is 0.417. The summed E-state index contributed by atoms with van der Waals surface area (Å²) in [6.45, 7) is 4.44. The molecule has 1 fully saturated rings. The van der Waals surface area contributed by atoms with Crippen LogP contribution in [-0.4, -0.2) is 59.5 Å². The van der Waals surface area contributed by atoms with Gasteiger partial charge in [-0.3, -0.25) is 19.4 Å². The lowest BCUT2D eigenvalue weighted by atomic mass is 10.2. The molecule has 0 spiro atoms. The van der Waals surface area contributed by atoms with Crippen molar-refractivity contribution in [3.63, 3.8) is 0 Å². The number of nitrogens with two attached hydrogens (primary N) is 1. The van der Waals surface area contributed by atoms with Gasteiger partial charge in [0.1, 0.15) is 0 Å². The van der Waals surface area contributed by atoms with Crippen molar-refractivity contribution in [1.29, 1.82) is 5.41 Å². The third-order valence-corrected chi connectivity index (χ3v) is 3.24. The van der Waals surface area contributed by atoms with Crippen molar-refractivity contribution in [2.24, 2.45) is 5.73 Å². The van der Waals surface area contributed by atoms with E-state index in [1.54, 1.807) is 0 Å². The molecule has 0 radical (unpaired) electrons. The summed E-state index contributed by atoms with van der Waals surface area (Å²) in [6.07, 6.45) is 0. The first-order chi connectivity index (χ1) is 10.1. The predicted octanol–water partition coefficient (Wildman–Crippen LogP) is 0.698. The Morgan fingerprint density at radius 2 is 1.82 bits per heavy atom. The number of nitrogens with zero attached hydrogens (tertiary/aromatic N) is 2. The second-order valence-electron chi connectivity index (χ2n) is 4.73. The van der Waals surface area contributed by atoms with Crippen molar-refractivity contribution < 1.29 is 17.5 Å². The molecule has 0 bridgehead atoms. The zero-order valence-corrected chi connectivity index (χ0v) is 13.4. The fourth-order valence-electron chi connectivity index (χ4n) is 2.04. The minimum Gasteiger partial charge on any atom is -0.370 e. The van der Waals surface area contributed by atoms with Crippen LogP contribution in [0.1, 0.15) is 5.56 Å². The Kier molecular flexibility index (Phi) is 7.04. The maximum Gasteiger partial charge on any atom is 0.394 e. The molecule has 1 aromatic carbocycles. The number of piperazine rings is 1. The third kappa shape index (κ3) is 8.15. The molecule has 22 heavy (non-hydrogen) atoms. The molecule has 1 heterocycles. The predicted molar refractivity (Wildman–Crippen MR) is 84.4 cm³/mol. The topological polar surface area (TPSA) is 131 Å². The first kappa shape index (κ1) is 18.7. The first-order valence-corrected chi connectivity index (χ1v) is 8.18. The maximum atomic E-state index is 8.74. The van der Waals surface area contributed by atoms with Gasteiger partial charge in [0.25, 0.3) is 0 Å². The van der Waals surface area contributed by atoms with Crippen molar-refractivity contribution in [2.75, 3.05) is 26.2 Å². The summed E-state index contributed by atoms with van der Waals surface area (Å²) in [4.78, 5) is 4.25. The molecule has 10 heteroatoms. The lowest BCUT2D eigenvalue weighted by Gasteiger charge is -2.34. The second-order valence-corrected chi connectivity index (χ2v) is 6.06. The van der Waals surface area contributed by atoms with Crippen LogP contribution in [0.4, 0.5) is 0 Å². The number of halogens is 1. The van der Waals surface area contributed by atoms with Crippen molar-refractivity contribution in [2.45, 2.75) is 6.54 Å². The highest BCUT2D eigenvalue weighted by atomic mass is 35.5. The number of benzene rings is 1. The van der Waals surface area contributed by atoms with E-state index in [1.807, 2.05) is 23.1 Å². The summed E-state index contributed by atoms with van der Waals surface area (Å²) in [6, 6.07) is 7.95. The molecule has 0 atom stereocenters. The van der Waals surface area contributed by atoms with Gasteiger partial charge in [-0.15, -0.1) is 0 Å². The molecule has 124 valence electrons. The van der Waals surface area contributed by atoms with E-state index >= 15 is 0 Å². The zero-order chi connectivity index (χ0) is 16.8. The Labute approximate surface area is 134 Å². The first-order valence-electron chi connectivity index (χ1n) is 6.41. The average molecular weight is 351 g/mol. The molecule has 1 aromatic rings. The fourth-order valence-corrected chi connectivity index (χ4v) is 2.25. The van der Waals surface area contributed by atoms with Gasteiger partial charge in [-0.2, -0.15) is 8.42 Å². The molecule has 0 amide bonds. The Hall–Kier alpha value is -1.39. The van der Waals surface area contributed by atoms with Crippen LogP contribution in [0.5, 0.6) is 0 Å². The monoisotopic (exact) mass is 350 g/mol. The Morgan fingerprint density at radius 1 is 1.27 bits per heavy atom. The molecule has 0 unspecified atom stereocenters. The normalized spacial score (nSPS) is 15.9. The van der Waals surface area contributed by atoms with Gasteiger partial charge in [0.15, 0.2) is 5.96 Å². The van der Waals surface area contributed by atoms with Gasteiger partial charge in [-0.1, -0.05) is 23.7 Å². The van der Waals surface area contributed by atoms with Crippen molar-refractivity contribution >= 4 is 28.0 Å². The van der Waals surface area contributed by atoms with Gasteiger partial charge in [-0.05, 0) is 17.7 Å². The second kappa shape index (κ2) is 8.30. The Bertz CT molecular complexity index is 595. The molecule has 5 N–H and O–H groups in total. The number of guanidine groups is 1. The summed E-state index contributed by atoms with van der Waals surface area (Å²) in [5.74, 6) is 0.174. The van der Waals surface area contributed by atoms with E-state index in [0.29, 0.717) is 0 Å². The molecular weight excluding hydrogens is 332 g/mol. The Balaban J connectivity index is 0.000000422. The summed E-state index contributed by atoms with van der Waals surface area (Å²) in [7, 11) is -4.67. The number of hydrogen-bond donors (Lipinski definition) is 4. The number of rotatable bonds is 2. The van der Waals surface area contributed by atoms with Gasteiger partial charge in [0, 0.05) is 37.7 Å². The molecule has 0 aliphatic carbocycles. The van der Waals surface area contributed by atoms with Crippen LogP contribution < -0.4 is 5.73 Å². The van der Waals surface area contributed by atoms with Crippen molar-refractivity contribution in [3.8, 4) is 0 Å². The van der Waals surface area contributed by atoms with Crippen LogP contribution in [0.15, 0.2) is 24.3 Å². The van der Waals surface area contributed by atoms with E-state index in [-0.39, 0.29) is 5.96 Å². The van der Waals surface area contributed by atoms with Crippen LogP contribution in [0.2, 0.25) is 5.02 Å². The van der Waals surface area contributed by atoms with Crippen LogP contribution >= 0.6 is 11.6 Å². The average Bonchev–Trinajstić information content (AvgIpc) is 2.37. The summed E-state index contributed by atoms with van der Waals surface area (Å²) in [5.41, 5.74) is 6.69. The molecule has 0 aromatic heterocycles. The van der Waals surface area contributed by atoms with E-state index in [9.17, 15) is 0 Å². The highest BCUT2D eigenvalue weighted by Gasteiger charge is 2.17. The van der Waals surface area contributed by atoms with E-state index < -0.39 is 10.4 Å². The number of hydrogen-bond acceptors (Lipinski definition) is 4. The molecular formula is C12H19ClN4O4S. The van der Waals surface area contributed by atoms with Gasteiger partial charge in [0.2, 0.25) is 0 Å². The van der Waals surface area contributed by atoms with E-state index in [1.165, 1.54) is 5.56 Å². The largest absolute Gasteiger partial charge is 0.394 e. The van der Waals surface area contributed by atoms with E-state index in [0.717, 1.165) is 37.7 Å². The van der Waals surface area contributed by atoms with Crippen molar-refractivity contribution in [1.82, 2.24) is 9.80 Å². The van der Waals surface area contributed by atoms with Gasteiger partial charge in [0.05, 0.1) is 0 Å². The molecule has 1 saturated heterocycles. The maximum absolute atomic E-state index is 8.74. The SMILES string of the molecule is N=C(N)N1CCN(Cc2cccc(Cl)c2)CC1.O=S(=O)(O)O. The summed E-state index contributed by atoms with van der Waals surface area (Å²) >= 11 is 5.96. The van der Waals surface area contributed by atoms with E-state index in [2.05, 4.69) is 11.0 Å². The summed E-state index contributed by atoms with van der Waals surface area (Å²) < 4.78 is 31.6. The molecule has 1 aliphatic rings. The smallest absolute Gasteiger partial charge is 0.370 e. The van der Waals surface area contributed by atoms with Crippen LogP contribution in [0.3, 0.4) is 0 Å². The highest BCUT2D eigenvalue weighted by molar-refractivity contribution is 7.79. The minimum absolute atomic E-state index is 0.174. The van der Waals surface area contributed by atoms with Gasteiger partial charge in [-0.25, -0.2) is 0 Å². The van der Waals surface area contributed by atoms with Crippen LogP contribution in [-0.2, 0) is 16.9 Å². The zero-order valence-electron chi connectivity index (χ0n) is 11.8. The van der Waals surface area contributed by atoms with Crippen LogP contribution in [0, 0.1) is 5.41 Å². The van der Waals surface area contributed by atoms with Gasteiger partial charge < -0.3 is 10.6 Å². The molecule has 0 saturated carbocycles. The van der Waals surface area contributed by atoms with E-state index in [4.69, 9.17) is 40.3 Å². The lowest BCUT2D eigenvalue weighted by molar-refractivity contribution is 0.174. The highest BCUT2D eigenvalue weighted by Crippen LogP contribution is 2.13.